The topological polar surface area (TPSA) is 33.5 Å². The molecule has 1 fully saturated rings. The molecule has 3 nitrogen and oxygen atoms in total. The molecule has 0 radical (unpaired) electrons. The average Bonchev–Trinajstić information content (AvgIpc) is 2.71. The van der Waals surface area contributed by atoms with Gasteiger partial charge in [-0.25, -0.2) is 0 Å². The molecule has 2 rings (SSSR count). The Kier molecular flexibility index (Phi) is 5.70. The van der Waals surface area contributed by atoms with Gasteiger partial charge in [0.05, 0.1) is 23.8 Å². The first-order chi connectivity index (χ1) is 9.58. The molecule has 0 spiro atoms. The summed E-state index contributed by atoms with van der Waals surface area (Å²) >= 11 is 12.0. The lowest BCUT2D eigenvalue weighted by Crippen LogP contribution is -3.16. The van der Waals surface area contributed by atoms with Crippen molar-refractivity contribution in [3.63, 3.8) is 0 Å². The molecule has 1 saturated heterocycles. The van der Waals surface area contributed by atoms with Gasteiger partial charge in [0.25, 0.3) is 5.91 Å². The van der Waals surface area contributed by atoms with Gasteiger partial charge in [0.2, 0.25) is 0 Å². The molecule has 1 heterocycles. The number of anilines is 1. The number of carbonyl (C=O) groups excluding carboxylic acids is 1. The van der Waals surface area contributed by atoms with Gasteiger partial charge >= 0.3 is 0 Å². The second kappa shape index (κ2) is 7.30. The largest absolute Gasteiger partial charge is 0.325 e. The Hall–Kier alpha value is -0.770. The quantitative estimate of drug-likeness (QED) is 0.883. The minimum absolute atomic E-state index is 0.00562. The molecule has 20 heavy (non-hydrogen) atoms. The number of carbonyl (C=O) groups is 1. The predicted molar refractivity (Wildman–Crippen MR) is 83.7 cm³/mol. The summed E-state index contributed by atoms with van der Waals surface area (Å²) in [4.78, 5) is 13.7. The second-order valence-corrected chi connectivity index (χ2v) is 6.25. The Bertz CT molecular complexity index is 471. The molecule has 1 aromatic carbocycles. The summed E-state index contributed by atoms with van der Waals surface area (Å²) < 4.78 is 0. The third-order valence-electron chi connectivity index (χ3n) is 3.94. The Morgan fingerprint density at radius 3 is 2.50 bits per heavy atom. The fourth-order valence-electron chi connectivity index (χ4n) is 2.64. The summed E-state index contributed by atoms with van der Waals surface area (Å²) in [5, 5.41) is 3.98. The van der Waals surface area contributed by atoms with Crippen LogP contribution in [-0.2, 0) is 4.79 Å². The zero-order valence-electron chi connectivity index (χ0n) is 11.7. The van der Waals surface area contributed by atoms with Crippen molar-refractivity contribution >= 4 is 34.8 Å². The third kappa shape index (κ3) is 4.11. The number of hydrogen-bond donors (Lipinski definition) is 2. The van der Waals surface area contributed by atoms with Crippen molar-refractivity contribution in [2.75, 3.05) is 18.4 Å². The first-order valence-electron chi connectivity index (χ1n) is 7.18. The zero-order chi connectivity index (χ0) is 14.5. The first-order valence-corrected chi connectivity index (χ1v) is 7.94. The van der Waals surface area contributed by atoms with Crippen molar-refractivity contribution in [3.8, 4) is 0 Å². The lowest BCUT2D eigenvalue weighted by atomic mass is 10.2. The van der Waals surface area contributed by atoms with Crippen molar-refractivity contribution in [3.05, 3.63) is 28.2 Å². The molecule has 1 aliphatic heterocycles. The van der Waals surface area contributed by atoms with Crippen LogP contribution < -0.4 is 10.2 Å². The predicted octanol–water partition coefficient (Wildman–Crippen LogP) is 2.78. The fourth-order valence-corrected chi connectivity index (χ4v) is 2.97. The molecule has 2 N–H and O–H groups in total. The maximum atomic E-state index is 12.4. The Balaban J connectivity index is 2.01. The number of hydrogen-bond acceptors (Lipinski definition) is 1. The van der Waals surface area contributed by atoms with Crippen LogP contribution in [0.1, 0.15) is 32.6 Å². The molecule has 0 aliphatic carbocycles. The molecule has 0 aromatic heterocycles. The van der Waals surface area contributed by atoms with Crippen molar-refractivity contribution in [1.82, 2.24) is 0 Å². The van der Waals surface area contributed by atoms with E-state index in [0.717, 1.165) is 13.1 Å². The van der Waals surface area contributed by atoms with Crippen LogP contribution in [0, 0.1) is 0 Å². The monoisotopic (exact) mass is 315 g/mol. The van der Waals surface area contributed by atoms with E-state index in [1.54, 1.807) is 18.2 Å². The maximum Gasteiger partial charge on any atom is 0.282 e. The van der Waals surface area contributed by atoms with Gasteiger partial charge in [0, 0.05) is 5.02 Å². The minimum Gasteiger partial charge on any atom is -0.325 e. The highest BCUT2D eigenvalue weighted by Crippen LogP contribution is 2.25. The van der Waals surface area contributed by atoms with Gasteiger partial charge in [-0.2, -0.15) is 0 Å². The van der Waals surface area contributed by atoms with E-state index >= 15 is 0 Å². The Morgan fingerprint density at radius 1 is 1.20 bits per heavy atom. The Morgan fingerprint density at radius 2 is 1.85 bits per heavy atom. The average molecular weight is 316 g/mol. The number of quaternary nitrogens is 1. The van der Waals surface area contributed by atoms with E-state index in [2.05, 4.69) is 5.32 Å². The van der Waals surface area contributed by atoms with E-state index in [-0.39, 0.29) is 11.9 Å². The number of rotatable bonds is 3. The van der Waals surface area contributed by atoms with Crippen LogP contribution in [0.4, 0.5) is 5.69 Å². The smallest absolute Gasteiger partial charge is 0.282 e. The van der Waals surface area contributed by atoms with Crippen LogP contribution >= 0.6 is 23.2 Å². The van der Waals surface area contributed by atoms with Gasteiger partial charge in [0.1, 0.15) is 0 Å². The van der Waals surface area contributed by atoms with Gasteiger partial charge < -0.3 is 10.2 Å². The van der Waals surface area contributed by atoms with Crippen molar-refractivity contribution in [1.29, 1.82) is 0 Å². The zero-order valence-corrected chi connectivity index (χ0v) is 13.2. The van der Waals surface area contributed by atoms with E-state index in [9.17, 15) is 4.79 Å². The minimum atomic E-state index is -0.0665. The highest BCUT2D eigenvalue weighted by Gasteiger charge is 2.26. The molecule has 0 unspecified atom stereocenters. The summed E-state index contributed by atoms with van der Waals surface area (Å²) in [5.74, 6) is 0.00562. The molecule has 0 saturated carbocycles. The third-order valence-corrected chi connectivity index (χ3v) is 4.50. The van der Waals surface area contributed by atoms with Crippen molar-refractivity contribution in [2.24, 2.45) is 0 Å². The fraction of sp³-hybridized carbons (Fsp3) is 0.533. The molecule has 1 atom stereocenters. The molecule has 0 bridgehead atoms. The van der Waals surface area contributed by atoms with Gasteiger partial charge in [-0.15, -0.1) is 0 Å². The molecule has 1 amide bonds. The summed E-state index contributed by atoms with van der Waals surface area (Å²) in [5.41, 5.74) is 0.588. The van der Waals surface area contributed by atoms with E-state index in [1.165, 1.54) is 30.6 Å². The van der Waals surface area contributed by atoms with Gasteiger partial charge in [-0.3, -0.25) is 4.79 Å². The summed E-state index contributed by atoms with van der Waals surface area (Å²) in [6.45, 7) is 4.12. The highest BCUT2D eigenvalue weighted by atomic mass is 35.5. The summed E-state index contributed by atoms with van der Waals surface area (Å²) in [6.07, 6.45) is 4.95. The molecular formula is C15H21Cl2N2O+. The summed E-state index contributed by atoms with van der Waals surface area (Å²) in [6, 6.07) is 5.03. The lowest BCUT2D eigenvalue weighted by molar-refractivity contribution is -0.913. The second-order valence-electron chi connectivity index (χ2n) is 5.41. The standard InChI is InChI=1S/C15H20Cl2N2O/c1-11(19-8-4-2-3-5-9-19)15(20)18-14-10-12(16)6-7-13(14)17/h6-7,10-11H,2-5,8-9H2,1H3,(H,18,20)/p+1/t11-/m1/s1. The summed E-state index contributed by atoms with van der Waals surface area (Å²) in [7, 11) is 0. The molecule has 1 aliphatic rings. The SMILES string of the molecule is C[C@H](C(=O)Nc1cc(Cl)ccc1Cl)[NH+]1CCCCCC1. The normalized spacial score (nSPS) is 18.4. The lowest BCUT2D eigenvalue weighted by Gasteiger charge is -2.23. The number of amides is 1. The number of halogens is 2. The van der Waals surface area contributed by atoms with Crippen LogP contribution in [-0.4, -0.2) is 25.0 Å². The van der Waals surface area contributed by atoms with Crippen LogP contribution in [0.2, 0.25) is 10.0 Å². The van der Waals surface area contributed by atoms with Gasteiger partial charge in [0.15, 0.2) is 6.04 Å². The molecule has 110 valence electrons. The van der Waals surface area contributed by atoms with E-state index in [1.807, 2.05) is 6.92 Å². The number of nitrogens with one attached hydrogen (secondary N) is 2. The molecule has 1 aromatic rings. The Labute approximate surface area is 130 Å². The van der Waals surface area contributed by atoms with Crippen molar-refractivity contribution < 1.29 is 9.69 Å². The molecular weight excluding hydrogens is 295 g/mol. The van der Waals surface area contributed by atoms with Crippen LogP contribution in [0.25, 0.3) is 0 Å². The van der Waals surface area contributed by atoms with Crippen LogP contribution in [0.3, 0.4) is 0 Å². The van der Waals surface area contributed by atoms with Gasteiger partial charge in [-0.1, -0.05) is 23.2 Å². The first kappa shape index (κ1) is 15.6. The van der Waals surface area contributed by atoms with Crippen molar-refractivity contribution in [2.45, 2.75) is 38.6 Å². The van der Waals surface area contributed by atoms with Crippen LogP contribution in [0.15, 0.2) is 18.2 Å². The van der Waals surface area contributed by atoms with E-state index < -0.39 is 0 Å². The van der Waals surface area contributed by atoms with Crippen LogP contribution in [0.5, 0.6) is 0 Å². The van der Waals surface area contributed by atoms with E-state index in [0.29, 0.717) is 15.7 Å². The number of benzene rings is 1. The molecule has 5 heteroatoms. The van der Waals surface area contributed by atoms with E-state index in [4.69, 9.17) is 23.2 Å². The van der Waals surface area contributed by atoms with Gasteiger partial charge in [-0.05, 0) is 50.8 Å². The highest BCUT2D eigenvalue weighted by molar-refractivity contribution is 6.35. The maximum absolute atomic E-state index is 12.4. The number of likely N-dealkylation sites (tertiary alicyclic amines) is 1.